The first-order valence-corrected chi connectivity index (χ1v) is 9.13. The molecule has 3 unspecified atom stereocenters. The van der Waals surface area contributed by atoms with Crippen molar-refractivity contribution in [3.05, 3.63) is 22.4 Å². The zero-order valence-electron chi connectivity index (χ0n) is 12.5. The van der Waals surface area contributed by atoms with Gasteiger partial charge < -0.3 is 5.11 Å². The zero-order chi connectivity index (χ0) is 13.9. The van der Waals surface area contributed by atoms with Gasteiger partial charge in [-0.1, -0.05) is 13.3 Å². The molecule has 3 heteroatoms. The first kappa shape index (κ1) is 14.6. The average Bonchev–Trinajstić information content (AvgIpc) is 3.18. The van der Waals surface area contributed by atoms with Crippen LogP contribution in [0.1, 0.15) is 51.0 Å². The number of rotatable bonds is 6. The molecule has 2 fully saturated rings. The minimum absolute atomic E-state index is 0.0680. The highest BCUT2D eigenvalue weighted by atomic mass is 32.1. The number of thiophene rings is 1. The van der Waals surface area contributed by atoms with E-state index < -0.39 is 0 Å². The highest BCUT2D eigenvalue weighted by molar-refractivity contribution is 7.07. The van der Waals surface area contributed by atoms with E-state index in [-0.39, 0.29) is 6.10 Å². The van der Waals surface area contributed by atoms with Crippen molar-refractivity contribution < 1.29 is 5.11 Å². The molecule has 1 aromatic rings. The highest BCUT2D eigenvalue weighted by Gasteiger charge is 2.35. The van der Waals surface area contributed by atoms with E-state index in [0.29, 0.717) is 5.92 Å². The Balaban J connectivity index is 1.60. The summed E-state index contributed by atoms with van der Waals surface area (Å²) in [6.07, 6.45) is 7.37. The van der Waals surface area contributed by atoms with Crippen LogP contribution in [0.4, 0.5) is 0 Å². The van der Waals surface area contributed by atoms with Crippen molar-refractivity contribution >= 4 is 11.3 Å². The van der Waals surface area contributed by atoms with Gasteiger partial charge in [-0.3, -0.25) is 4.90 Å². The molecule has 0 radical (unpaired) electrons. The molecule has 112 valence electrons. The summed E-state index contributed by atoms with van der Waals surface area (Å²) in [7, 11) is 0. The Morgan fingerprint density at radius 2 is 2.15 bits per heavy atom. The second-order valence-corrected chi connectivity index (χ2v) is 7.49. The van der Waals surface area contributed by atoms with E-state index >= 15 is 0 Å². The lowest BCUT2D eigenvalue weighted by Gasteiger charge is -2.36. The molecular weight excluding hydrogens is 266 g/mol. The largest absolute Gasteiger partial charge is 0.393 e. The maximum Gasteiger partial charge on any atom is 0.0580 e. The third-order valence-electron chi connectivity index (χ3n) is 5.13. The number of aliphatic hydroxyl groups is 1. The third kappa shape index (κ3) is 3.63. The normalized spacial score (nSPS) is 30.9. The Morgan fingerprint density at radius 1 is 1.30 bits per heavy atom. The first-order chi connectivity index (χ1) is 9.76. The molecule has 3 atom stereocenters. The first-order valence-electron chi connectivity index (χ1n) is 8.19. The smallest absolute Gasteiger partial charge is 0.0580 e. The molecule has 3 rings (SSSR count). The summed E-state index contributed by atoms with van der Waals surface area (Å²) < 4.78 is 0. The van der Waals surface area contributed by atoms with Gasteiger partial charge in [0.2, 0.25) is 0 Å². The summed E-state index contributed by atoms with van der Waals surface area (Å²) in [6, 6.07) is 3.02. The molecule has 2 saturated carbocycles. The van der Waals surface area contributed by atoms with Crippen molar-refractivity contribution in [2.75, 3.05) is 6.54 Å². The maximum atomic E-state index is 10.3. The second kappa shape index (κ2) is 6.59. The highest BCUT2D eigenvalue weighted by Crippen LogP contribution is 2.35. The predicted molar refractivity (Wildman–Crippen MR) is 84.9 cm³/mol. The summed E-state index contributed by atoms with van der Waals surface area (Å²) in [5.74, 6) is 1.33. The quantitative estimate of drug-likeness (QED) is 0.860. The summed E-state index contributed by atoms with van der Waals surface area (Å²) in [5.41, 5.74) is 1.44. The molecule has 0 aliphatic heterocycles. The van der Waals surface area contributed by atoms with Crippen LogP contribution < -0.4 is 0 Å². The van der Waals surface area contributed by atoms with Gasteiger partial charge in [0.15, 0.2) is 0 Å². The molecule has 0 spiro atoms. The van der Waals surface area contributed by atoms with Crippen LogP contribution in [0, 0.1) is 11.8 Å². The lowest BCUT2D eigenvalue weighted by Crippen LogP contribution is -2.39. The minimum Gasteiger partial charge on any atom is -0.393 e. The molecule has 20 heavy (non-hydrogen) atoms. The van der Waals surface area contributed by atoms with Crippen LogP contribution >= 0.6 is 11.3 Å². The molecule has 0 saturated heterocycles. The molecule has 2 nitrogen and oxygen atoms in total. The molecule has 1 aromatic heterocycles. The molecule has 0 amide bonds. The van der Waals surface area contributed by atoms with Crippen LogP contribution in [0.15, 0.2) is 16.8 Å². The van der Waals surface area contributed by atoms with Gasteiger partial charge in [-0.2, -0.15) is 11.3 Å². The van der Waals surface area contributed by atoms with Crippen molar-refractivity contribution in [3.8, 4) is 0 Å². The van der Waals surface area contributed by atoms with Gasteiger partial charge in [-0.25, -0.2) is 0 Å². The van der Waals surface area contributed by atoms with Crippen molar-refractivity contribution in [1.82, 2.24) is 4.90 Å². The molecular formula is C17H27NOS. The molecule has 0 aromatic carbocycles. The summed E-state index contributed by atoms with van der Waals surface area (Å²) >= 11 is 1.79. The minimum atomic E-state index is -0.0680. The predicted octanol–water partition coefficient (Wildman–Crippen LogP) is 3.90. The van der Waals surface area contributed by atoms with Gasteiger partial charge >= 0.3 is 0 Å². The van der Waals surface area contributed by atoms with Crippen molar-refractivity contribution in [2.24, 2.45) is 11.8 Å². The van der Waals surface area contributed by atoms with Crippen molar-refractivity contribution in [2.45, 2.75) is 64.1 Å². The second-order valence-electron chi connectivity index (χ2n) is 6.71. The van der Waals surface area contributed by atoms with Gasteiger partial charge in [0.1, 0.15) is 0 Å². The number of hydrogen-bond acceptors (Lipinski definition) is 3. The van der Waals surface area contributed by atoms with Crippen LogP contribution in [0.3, 0.4) is 0 Å². The number of hydrogen-bond donors (Lipinski definition) is 1. The lowest BCUT2D eigenvalue weighted by atomic mass is 9.78. The molecule has 2 aliphatic rings. The summed E-state index contributed by atoms with van der Waals surface area (Å²) in [4.78, 5) is 2.63. The van der Waals surface area contributed by atoms with Crippen molar-refractivity contribution in [1.29, 1.82) is 0 Å². The van der Waals surface area contributed by atoms with Gasteiger partial charge in [0, 0.05) is 19.1 Å². The van der Waals surface area contributed by atoms with Gasteiger partial charge in [0.25, 0.3) is 0 Å². The number of aliphatic hydroxyl groups excluding tert-OH is 1. The Kier molecular flexibility index (Phi) is 4.79. The van der Waals surface area contributed by atoms with Crippen LogP contribution in [0.5, 0.6) is 0 Å². The van der Waals surface area contributed by atoms with E-state index in [0.717, 1.165) is 31.5 Å². The van der Waals surface area contributed by atoms with E-state index in [1.807, 2.05) is 0 Å². The van der Waals surface area contributed by atoms with E-state index in [2.05, 4.69) is 28.7 Å². The summed E-state index contributed by atoms with van der Waals surface area (Å²) in [5, 5.41) is 14.8. The van der Waals surface area contributed by atoms with Gasteiger partial charge in [-0.15, -0.1) is 0 Å². The Labute approximate surface area is 126 Å². The molecule has 1 N–H and O–H groups in total. The SMILES string of the molecule is CCC1CCC(O)C(CN(Cc2ccsc2)C2CC2)C1. The average molecular weight is 293 g/mol. The third-order valence-corrected chi connectivity index (χ3v) is 5.86. The van der Waals surface area contributed by atoms with E-state index in [9.17, 15) is 5.11 Å². The van der Waals surface area contributed by atoms with E-state index in [1.54, 1.807) is 11.3 Å². The van der Waals surface area contributed by atoms with Crippen LogP contribution in [0.25, 0.3) is 0 Å². The van der Waals surface area contributed by atoms with Gasteiger partial charge in [0.05, 0.1) is 6.10 Å². The van der Waals surface area contributed by atoms with Gasteiger partial charge in [-0.05, 0) is 66.3 Å². The fourth-order valence-electron chi connectivity index (χ4n) is 3.61. The lowest BCUT2D eigenvalue weighted by molar-refractivity contribution is 0.0236. The van der Waals surface area contributed by atoms with Crippen LogP contribution in [-0.4, -0.2) is 28.7 Å². The fraction of sp³-hybridized carbons (Fsp3) is 0.765. The molecule has 1 heterocycles. The van der Waals surface area contributed by atoms with E-state index in [4.69, 9.17) is 0 Å². The maximum absolute atomic E-state index is 10.3. The number of nitrogens with zero attached hydrogens (tertiary/aromatic N) is 1. The Morgan fingerprint density at radius 3 is 2.80 bits per heavy atom. The zero-order valence-corrected chi connectivity index (χ0v) is 13.3. The molecule has 0 bridgehead atoms. The summed E-state index contributed by atoms with van der Waals surface area (Å²) in [6.45, 7) is 4.47. The van der Waals surface area contributed by atoms with Crippen LogP contribution in [0.2, 0.25) is 0 Å². The monoisotopic (exact) mass is 293 g/mol. The van der Waals surface area contributed by atoms with Crippen LogP contribution in [-0.2, 0) is 6.54 Å². The Bertz CT molecular complexity index is 401. The molecule has 2 aliphatic carbocycles. The van der Waals surface area contributed by atoms with E-state index in [1.165, 1.54) is 37.7 Å². The fourth-order valence-corrected chi connectivity index (χ4v) is 4.27. The standard InChI is InChI=1S/C17H27NOS/c1-2-13-3-6-17(19)15(9-13)11-18(16-4-5-16)10-14-7-8-20-12-14/h7-8,12-13,15-17,19H,2-6,9-11H2,1H3. The van der Waals surface area contributed by atoms with Crippen molar-refractivity contribution in [3.63, 3.8) is 0 Å². The topological polar surface area (TPSA) is 23.5 Å². The Hall–Kier alpha value is -0.380.